The Balaban J connectivity index is 1.44. The van der Waals surface area contributed by atoms with Gasteiger partial charge in [0.1, 0.15) is 0 Å². The fourth-order valence-corrected chi connectivity index (χ4v) is 6.17. The summed E-state index contributed by atoms with van der Waals surface area (Å²) in [4.78, 5) is 9.22. The van der Waals surface area contributed by atoms with Gasteiger partial charge >= 0.3 is 0 Å². The van der Waals surface area contributed by atoms with Crippen molar-refractivity contribution in [2.75, 3.05) is 19.6 Å². The molecule has 1 N–H and O–H groups in total. The molecule has 2 heterocycles. The van der Waals surface area contributed by atoms with Crippen molar-refractivity contribution in [1.82, 2.24) is 19.0 Å². The molecule has 0 radical (unpaired) electrons. The molecule has 1 aliphatic heterocycles. The predicted octanol–water partition coefficient (Wildman–Crippen LogP) is 2.24. The molecular formula is C21H24N4O4S2. The first kappa shape index (κ1) is 21.8. The van der Waals surface area contributed by atoms with E-state index in [-0.39, 0.29) is 16.3 Å². The molecule has 4 rings (SSSR count). The van der Waals surface area contributed by atoms with Crippen LogP contribution in [0.25, 0.3) is 11.0 Å². The molecule has 2 aromatic carbocycles. The van der Waals surface area contributed by atoms with Crippen LogP contribution in [0, 0.1) is 6.92 Å². The Morgan fingerprint density at radius 1 is 0.871 bits per heavy atom. The number of para-hydroxylation sites is 2. The number of aromatic nitrogens is 2. The number of rotatable bonds is 7. The SMILES string of the molecule is Cc1nc2ccccc2nc1CCNS(=O)(=O)c1ccc(S(=O)(=O)N2CCCC2)cc1. The highest BCUT2D eigenvalue weighted by molar-refractivity contribution is 7.89. The largest absolute Gasteiger partial charge is 0.250 e. The highest BCUT2D eigenvalue weighted by atomic mass is 32.2. The Hall–Kier alpha value is -2.40. The lowest BCUT2D eigenvalue weighted by Crippen LogP contribution is -2.28. The van der Waals surface area contributed by atoms with Gasteiger partial charge in [-0.25, -0.2) is 31.5 Å². The molecule has 1 fully saturated rings. The van der Waals surface area contributed by atoms with Crippen LogP contribution in [-0.2, 0) is 26.5 Å². The van der Waals surface area contributed by atoms with Crippen molar-refractivity contribution >= 4 is 31.1 Å². The standard InChI is InChI=1S/C21H24N4O4S2/c1-16-19(24-21-7-3-2-6-20(21)23-16)12-13-22-30(26,27)17-8-10-18(11-9-17)31(28,29)25-14-4-5-15-25/h2-3,6-11,22H,4-5,12-15H2,1H3. The molecule has 0 unspecified atom stereocenters. The van der Waals surface area contributed by atoms with E-state index in [1.54, 1.807) is 0 Å². The summed E-state index contributed by atoms with van der Waals surface area (Å²) in [5, 5.41) is 0. The van der Waals surface area contributed by atoms with E-state index in [9.17, 15) is 16.8 Å². The summed E-state index contributed by atoms with van der Waals surface area (Å²) in [6.07, 6.45) is 2.08. The Kier molecular flexibility index (Phi) is 6.07. The fraction of sp³-hybridized carbons (Fsp3) is 0.333. The fourth-order valence-electron chi connectivity index (χ4n) is 3.62. The highest BCUT2D eigenvalue weighted by Gasteiger charge is 2.27. The summed E-state index contributed by atoms with van der Waals surface area (Å²) in [6.45, 7) is 3.01. The minimum atomic E-state index is -3.77. The number of fused-ring (bicyclic) bond motifs is 1. The average molecular weight is 461 g/mol. The molecule has 0 atom stereocenters. The maximum Gasteiger partial charge on any atom is 0.243 e. The molecule has 0 saturated carbocycles. The number of hydrogen-bond donors (Lipinski definition) is 1. The van der Waals surface area contributed by atoms with Crippen LogP contribution < -0.4 is 4.72 Å². The number of benzene rings is 2. The van der Waals surface area contributed by atoms with Crippen LogP contribution in [0.3, 0.4) is 0 Å². The first-order valence-corrected chi connectivity index (χ1v) is 13.0. The summed E-state index contributed by atoms with van der Waals surface area (Å²) in [6, 6.07) is 12.9. The quantitative estimate of drug-likeness (QED) is 0.579. The van der Waals surface area contributed by atoms with Gasteiger partial charge in [-0.15, -0.1) is 0 Å². The van der Waals surface area contributed by atoms with Crippen molar-refractivity contribution in [3.63, 3.8) is 0 Å². The van der Waals surface area contributed by atoms with Crippen molar-refractivity contribution in [3.05, 3.63) is 59.9 Å². The van der Waals surface area contributed by atoms with Crippen LogP contribution in [0.5, 0.6) is 0 Å². The van der Waals surface area contributed by atoms with Gasteiger partial charge in [0.15, 0.2) is 0 Å². The summed E-state index contributed by atoms with van der Waals surface area (Å²) >= 11 is 0. The lowest BCUT2D eigenvalue weighted by atomic mass is 10.2. The monoisotopic (exact) mass is 460 g/mol. The van der Waals surface area contributed by atoms with Gasteiger partial charge < -0.3 is 0 Å². The van der Waals surface area contributed by atoms with E-state index < -0.39 is 20.0 Å². The van der Waals surface area contributed by atoms with Crippen LogP contribution in [-0.4, -0.2) is 50.7 Å². The second-order valence-electron chi connectivity index (χ2n) is 7.47. The number of nitrogens with zero attached hydrogens (tertiary/aromatic N) is 3. The van der Waals surface area contributed by atoms with Crippen molar-refractivity contribution in [3.8, 4) is 0 Å². The minimum Gasteiger partial charge on any atom is -0.250 e. The van der Waals surface area contributed by atoms with Crippen LogP contribution in [0.4, 0.5) is 0 Å². The average Bonchev–Trinajstić information content (AvgIpc) is 3.30. The molecule has 31 heavy (non-hydrogen) atoms. The van der Waals surface area contributed by atoms with Gasteiger partial charge in [0.25, 0.3) is 0 Å². The zero-order chi connectivity index (χ0) is 22.1. The normalized spacial score (nSPS) is 15.5. The smallest absolute Gasteiger partial charge is 0.243 e. The maximum atomic E-state index is 12.6. The van der Waals surface area contributed by atoms with Gasteiger partial charge in [-0.05, 0) is 56.2 Å². The van der Waals surface area contributed by atoms with Gasteiger partial charge in [-0.1, -0.05) is 12.1 Å². The van der Waals surface area contributed by atoms with Gasteiger partial charge in [-0.2, -0.15) is 4.31 Å². The molecule has 0 aliphatic carbocycles. The highest BCUT2D eigenvalue weighted by Crippen LogP contribution is 2.22. The number of sulfonamides is 2. The van der Waals surface area contributed by atoms with E-state index >= 15 is 0 Å². The molecular weight excluding hydrogens is 436 g/mol. The first-order valence-electron chi connectivity index (χ1n) is 10.1. The van der Waals surface area contributed by atoms with Crippen molar-refractivity contribution in [2.24, 2.45) is 0 Å². The minimum absolute atomic E-state index is 0.0224. The second-order valence-corrected chi connectivity index (χ2v) is 11.2. The first-order chi connectivity index (χ1) is 14.8. The zero-order valence-electron chi connectivity index (χ0n) is 17.2. The summed E-state index contributed by atoms with van der Waals surface area (Å²) in [7, 11) is -7.35. The van der Waals surface area contributed by atoms with E-state index in [1.807, 2.05) is 31.2 Å². The Labute approximate surface area is 182 Å². The van der Waals surface area contributed by atoms with Gasteiger partial charge in [0, 0.05) is 26.1 Å². The number of hydrogen-bond acceptors (Lipinski definition) is 6. The molecule has 0 spiro atoms. The third-order valence-corrected chi connectivity index (χ3v) is 8.72. The molecule has 1 saturated heterocycles. The van der Waals surface area contributed by atoms with E-state index in [2.05, 4.69) is 14.7 Å². The molecule has 8 nitrogen and oxygen atoms in total. The number of nitrogens with one attached hydrogen (secondary N) is 1. The lowest BCUT2D eigenvalue weighted by Gasteiger charge is -2.15. The Bertz CT molecular complexity index is 1300. The van der Waals surface area contributed by atoms with E-state index in [0.717, 1.165) is 35.3 Å². The van der Waals surface area contributed by atoms with Crippen LogP contribution in [0.1, 0.15) is 24.2 Å². The Morgan fingerprint density at radius 2 is 1.45 bits per heavy atom. The topological polar surface area (TPSA) is 109 Å². The van der Waals surface area contributed by atoms with Crippen molar-refractivity contribution in [1.29, 1.82) is 0 Å². The van der Waals surface area contributed by atoms with E-state index in [4.69, 9.17) is 0 Å². The van der Waals surface area contributed by atoms with Crippen LogP contribution in [0.15, 0.2) is 58.3 Å². The molecule has 164 valence electrons. The van der Waals surface area contributed by atoms with Gasteiger partial charge in [-0.3, -0.25) is 0 Å². The van der Waals surface area contributed by atoms with Crippen molar-refractivity contribution < 1.29 is 16.8 Å². The van der Waals surface area contributed by atoms with E-state index in [1.165, 1.54) is 28.6 Å². The third kappa shape index (κ3) is 4.62. The number of aryl methyl sites for hydroxylation is 1. The molecule has 1 aromatic heterocycles. The Morgan fingerprint density at radius 3 is 2.10 bits per heavy atom. The molecule has 0 bridgehead atoms. The van der Waals surface area contributed by atoms with Crippen LogP contribution in [0.2, 0.25) is 0 Å². The molecule has 3 aromatic rings. The predicted molar refractivity (Wildman–Crippen MR) is 118 cm³/mol. The molecule has 10 heteroatoms. The third-order valence-electron chi connectivity index (χ3n) is 5.33. The van der Waals surface area contributed by atoms with Gasteiger partial charge in [0.05, 0.1) is 32.2 Å². The van der Waals surface area contributed by atoms with Crippen molar-refractivity contribution in [2.45, 2.75) is 36.0 Å². The van der Waals surface area contributed by atoms with E-state index in [0.29, 0.717) is 19.5 Å². The summed E-state index contributed by atoms with van der Waals surface area (Å²) in [5.74, 6) is 0. The molecule has 1 aliphatic rings. The second kappa shape index (κ2) is 8.62. The maximum absolute atomic E-state index is 12.6. The lowest BCUT2D eigenvalue weighted by molar-refractivity contribution is 0.477. The zero-order valence-corrected chi connectivity index (χ0v) is 18.8. The van der Waals surface area contributed by atoms with Crippen LogP contribution >= 0.6 is 0 Å². The summed E-state index contributed by atoms with van der Waals surface area (Å²) in [5.41, 5.74) is 3.05. The summed E-state index contributed by atoms with van der Waals surface area (Å²) < 4.78 is 54.4. The van der Waals surface area contributed by atoms with Gasteiger partial charge in [0.2, 0.25) is 20.0 Å². The molecule has 0 amide bonds.